The number of imidazole rings is 1. The smallest absolute Gasteiger partial charge is 0.177 e. The first-order valence-electron chi connectivity index (χ1n) is 5.87. The minimum Gasteiger partial charge on any atom is -0.340 e. The minimum absolute atomic E-state index is 0.559. The summed E-state index contributed by atoms with van der Waals surface area (Å²) in [5, 5.41) is 1.12. The summed E-state index contributed by atoms with van der Waals surface area (Å²) >= 11 is 11.9. The van der Waals surface area contributed by atoms with Crippen LogP contribution >= 0.6 is 23.2 Å². The van der Waals surface area contributed by atoms with Crippen LogP contribution in [0.2, 0.25) is 10.0 Å². The van der Waals surface area contributed by atoms with Crippen molar-refractivity contribution in [1.29, 1.82) is 0 Å². The van der Waals surface area contributed by atoms with Gasteiger partial charge in [-0.1, -0.05) is 29.3 Å². The molecule has 0 amide bonds. The molecule has 3 rings (SSSR count). The molecule has 3 nitrogen and oxygen atoms in total. The number of aromatic amines is 1. The van der Waals surface area contributed by atoms with Crippen molar-refractivity contribution in [3.8, 4) is 0 Å². The van der Waals surface area contributed by atoms with Gasteiger partial charge in [0, 0.05) is 12.6 Å². The van der Waals surface area contributed by atoms with Gasteiger partial charge in [-0.05, 0) is 36.2 Å². The lowest BCUT2D eigenvalue weighted by molar-refractivity contribution is 1.03. The quantitative estimate of drug-likeness (QED) is 0.770. The van der Waals surface area contributed by atoms with Crippen molar-refractivity contribution in [1.82, 2.24) is 15.0 Å². The van der Waals surface area contributed by atoms with Gasteiger partial charge in [0.2, 0.25) is 0 Å². The third-order valence-electron chi connectivity index (χ3n) is 2.88. The Morgan fingerprint density at radius 2 is 2.00 bits per heavy atom. The maximum Gasteiger partial charge on any atom is 0.177 e. The molecule has 96 valence electrons. The first-order chi connectivity index (χ1) is 9.11. The number of fused-ring (bicyclic) bond motifs is 1. The lowest BCUT2D eigenvalue weighted by atomic mass is 10.1. The van der Waals surface area contributed by atoms with Crippen LogP contribution in [0.4, 0.5) is 0 Å². The van der Waals surface area contributed by atoms with Gasteiger partial charge in [-0.15, -0.1) is 0 Å². The molecule has 0 aliphatic heterocycles. The first-order valence-corrected chi connectivity index (χ1v) is 6.62. The highest BCUT2D eigenvalue weighted by Gasteiger charge is 2.06. The summed E-state index contributed by atoms with van der Waals surface area (Å²) in [6.07, 6.45) is 2.48. The lowest BCUT2D eigenvalue weighted by Gasteiger charge is -2.00. The van der Waals surface area contributed by atoms with Gasteiger partial charge in [0.15, 0.2) is 5.65 Å². The number of H-pyrrole nitrogens is 1. The molecule has 0 saturated carbocycles. The van der Waals surface area contributed by atoms with Crippen molar-refractivity contribution in [2.75, 3.05) is 0 Å². The molecule has 0 unspecified atom stereocenters. The van der Waals surface area contributed by atoms with Gasteiger partial charge in [0.1, 0.15) is 5.82 Å². The zero-order valence-electron chi connectivity index (χ0n) is 10.2. The van der Waals surface area contributed by atoms with Crippen molar-refractivity contribution < 1.29 is 0 Å². The van der Waals surface area contributed by atoms with E-state index in [0.29, 0.717) is 16.5 Å². The van der Waals surface area contributed by atoms with Crippen LogP contribution < -0.4 is 0 Å². The number of nitrogens with zero attached hydrogens (tertiary/aromatic N) is 2. The Balaban J connectivity index is 1.94. The number of aryl methyl sites for hydroxylation is 1. The zero-order valence-corrected chi connectivity index (χ0v) is 11.8. The van der Waals surface area contributed by atoms with Crippen molar-refractivity contribution in [2.45, 2.75) is 13.3 Å². The molecule has 5 heteroatoms. The fourth-order valence-corrected chi connectivity index (χ4v) is 2.30. The highest BCUT2D eigenvalue weighted by atomic mass is 35.5. The van der Waals surface area contributed by atoms with Gasteiger partial charge in [-0.3, -0.25) is 0 Å². The highest BCUT2D eigenvalue weighted by molar-refractivity contribution is 6.42. The first kappa shape index (κ1) is 12.5. The van der Waals surface area contributed by atoms with Crippen molar-refractivity contribution in [2.24, 2.45) is 0 Å². The minimum atomic E-state index is 0.559. The average Bonchev–Trinajstić information content (AvgIpc) is 2.75. The molecular weight excluding hydrogens is 281 g/mol. The van der Waals surface area contributed by atoms with Gasteiger partial charge in [0.05, 0.1) is 15.6 Å². The van der Waals surface area contributed by atoms with Crippen molar-refractivity contribution in [3.63, 3.8) is 0 Å². The molecular formula is C14H11Cl2N3. The van der Waals surface area contributed by atoms with Crippen LogP contribution in [-0.4, -0.2) is 15.0 Å². The van der Waals surface area contributed by atoms with E-state index in [-0.39, 0.29) is 0 Å². The summed E-state index contributed by atoms with van der Waals surface area (Å²) in [5.41, 5.74) is 3.86. The number of aromatic nitrogens is 3. The fourth-order valence-electron chi connectivity index (χ4n) is 1.98. The number of pyridine rings is 1. The van der Waals surface area contributed by atoms with E-state index in [2.05, 4.69) is 15.0 Å². The second kappa shape index (κ2) is 4.83. The van der Waals surface area contributed by atoms with E-state index in [9.17, 15) is 0 Å². The molecule has 0 atom stereocenters. The second-order valence-corrected chi connectivity index (χ2v) is 5.31. The van der Waals surface area contributed by atoms with E-state index < -0.39 is 0 Å². The Hall–Kier alpha value is -1.58. The molecule has 0 aliphatic rings. The summed E-state index contributed by atoms with van der Waals surface area (Å²) in [6, 6.07) is 7.63. The third kappa shape index (κ3) is 2.57. The van der Waals surface area contributed by atoms with Gasteiger partial charge in [0.25, 0.3) is 0 Å². The summed E-state index contributed by atoms with van der Waals surface area (Å²) in [6.45, 7) is 2.01. The Morgan fingerprint density at radius 3 is 2.79 bits per heavy atom. The molecule has 0 bridgehead atoms. The number of rotatable bonds is 2. The highest BCUT2D eigenvalue weighted by Crippen LogP contribution is 2.23. The van der Waals surface area contributed by atoms with Gasteiger partial charge in [-0.25, -0.2) is 9.97 Å². The predicted octanol–water partition coefficient (Wildman–Crippen LogP) is 4.16. The largest absolute Gasteiger partial charge is 0.340 e. The Kier molecular flexibility index (Phi) is 3.17. The van der Waals surface area contributed by atoms with Gasteiger partial charge in [-0.2, -0.15) is 0 Å². The zero-order chi connectivity index (χ0) is 13.4. The predicted molar refractivity (Wildman–Crippen MR) is 77.9 cm³/mol. The lowest BCUT2D eigenvalue weighted by Crippen LogP contribution is -1.90. The topological polar surface area (TPSA) is 41.6 Å². The van der Waals surface area contributed by atoms with E-state index >= 15 is 0 Å². The standard InChI is InChI=1S/C14H11Cl2N3/c1-8-4-12-14(17-7-8)19-13(18-12)6-9-2-3-10(15)11(16)5-9/h2-5,7H,6H2,1H3,(H,17,18,19). The van der Waals surface area contributed by atoms with Crippen LogP contribution in [0.1, 0.15) is 17.0 Å². The number of nitrogens with one attached hydrogen (secondary N) is 1. The monoisotopic (exact) mass is 291 g/mol. The number of halogens is 2. The maximum absolute atomic E-state index is 6.00. The Labute approximate surface area is 120 Å². The molecule has 0 saturated heterocycles. The Bertz CT molecular complexity index is 750. The van der Waals surface area contributed by atoms with E-state index in [1.807, 2.05) is 31.3 Å². The van der Waals surface area contributed by atoms with Crippen LogP contribution in [0.25, 0.3) is 11.2 Å². The molecule has 2 heterocycles. The third-order valence-corrected chi connectivity index (χ3v) is 3.62. The second-order valence-electron chi connectivity index (χ2n) is 4.49. The molecule has 1 N–H and O–H groups in total. The van der Waals surface area contributed by atoms with E-state index in [4.69, 9.17) is 23.2 Å². The number of hydrogen-bond acceptors (Lipinski definition) is 2. The summed E-state index contributed by atoms with van der Waals surface area (Å²) in [7, 11) is 0. The summed E-state index contributed by atoms with van der Waals surface area (Å²) in [5.74, 6) is 0.867. The van der Waals surface area contributed by atoms with Crippen LogP contribution in [-0.2, 0) is 6.42 Å². The van der Waals surface area contributed by atoms with Crippen LogP contribution in [0.15, 0.2) is 30.5 Å². The van der Waals surface area contributed by atoms with Crippen LogP contribution in [0.3, 0.4) is 0 Å². The van der Waals surface area contributed by atoms with Crippen LogP contribution in [0.5, 0.6) is 0 Å². The van der Waals surface area contributed by atoms with E-state index in [1.165, 1.54) is 0 Å². The van der Waals surface area contributed by atoms with Crippen molar-refractivity contribution >= 4 is 34.4 Å². The number of hydrogen-bond donors (Lipinski definition) is 1. The molecule has 2 aromatic heterocycles. The molecule has 0 fully saturated rings. The summed E-state index contributed by atoms with van der Waals surface area (Å²) in [4.78, 5) is 12.0. The van der Waals surface area contributed by atoms with Crippen LogP contribution in [0, 0.1) is 6.92 Å². The van der Waals surface area contributed by atoms with Crippen molar-refractivity contribution in [3.05, 3.63) is 57.5 Å². The SMILES string of the molecule is Cc1cnc2nc(Cc3ccc(Cl)c(Cl)c3)[nH]c2c1. The summed E-state index contributed by atoms with van der Waals surface area (Å²) < 4.78 is 0. The van der Waals surface area contributed by atoms with E-state index in [0.717, 1.165) is 28.1 Å². The molecule has 0 radical (unpaired) electrons. The average molecular weight is 292 g/mol. The molecule has 3 aromatic rings. The molecule has 19 heavy (non-hydrogen) atoms. The van der Waals surface area contributed by atoms with Gasteiger partial charge >= 0.3 is 0 Å². The maximum atomic E-state index is 6.00. The fraction of sp³-hybridized carbons (Fsp3) is 0.143. The molecule has 0 spiro atoms. The molecule has 1 aromatic carbocycles. The normalized spacial score (nSPS) is 11.1. The molecule has 0 aliphatic carbocycles. The Morgan fingerprint density at radius 1 is 1.16 bits per heavy atom. The van der Waals surface area contributed by atoms with Gasteiger partial charge < -0.3 is 4.98 Å². The van der Waals surface area contributed by atoms with E-state index in [1.54, 1.807) is 6.07 Å². The number of benzene rings is 1.